The van der Waals surface area contributed by atoms with Gasteiger partial charge < -0.3 is 14.8 Å². The second kappa shape index (κ2) is 6.93. The van der Waals surface area contributed by atoms with Crippen molar-refractivity contribution >= 4 is 5.91 Å². The number of aromatic nitrogens is 1. The molecular weight excluding hydrogens is 280 g/mol. The Morgan fingerprint density at radius 1 is 1.14 bits per heavy atom. The van der Waals surface area contributed by atoms with E-state index in [0.29, 0.717) is 31.9 Å². The van der Waals surface area contributed by atoms with Gasteiger partial charge >= 0.3 is 0 Å². The van der Waals surface area contributed by atoms with E-state index in [4.69, 9.17) is 9.47 Å². The molecule has 1 aromatic carbocycles. The summed E-state index contributed by atoms with van der Waals surface area (Å²) in [5.41, 5.74) is 2.03. The Balaban J connectivity index is 1.49. The average molecular weight is 298 g/mol. The van der Waals surface area contributed by atoms with Crippen LogP contribution in [0.25, 0.3) is 0 Å². The molecule has 1 aliphatic heterocycles. The van der Waals surface area contributed by atoms with Crippen molar-refractivity contribution in [1.82, 2.24) is 10.3 Å². The van der Waals surface area contributed by atoms with Crippen LogP contribution < -0.4 is 14.8 Å². The zero-order chi connectivity index (χ0) is 15.2. The molecule has 1 aliphatic rings. The van der Waals surface area contributed by atoms with E-state index in [1.807, 2.05) is 36.5 Å². The van der Waals surface area contributed by atoms with E-state index >= 15 is 0 Å². The molecule has 0 radical (unpaired) electrons. The molecule has 0 fully saturated rings. The summed E-state index contributed by atoms with van der Waals surface area (Å²) in [5, 5.41) is 2.92. The van der Waals surface area contributed by atoms with Gasteiger partial charge in [0.05, 0.1) is 6.42 Å². The molecule has 5 nitrogen and oxygen atoms in total. The highest BCUT2D eigenvalue weighted by atomic mass is 16.6. The molecular formula is C17H18N2O3. The summed E-state index contributed by atoms with van der Waals surface area (Å²) >= 11 is 0. The lowest BCUT2D eigenvalue weighted by Gasteiger charge is -2.18. The Hall–Kier alpha value is -2.56. The first kappa shape index (κ1) is 14.4. The fraction of sp³-hybridized carbons (Fsp3) is 0.294. The smallest absolute Gasteiger partial charge is 0.224 e. The van der Waals surface area contributed by atoms with Crippen molar-refractivity contribution in [1.29, 1.82) is 0 Å². The third-order valence-corrected chi connectivity index (χ3v) is 3.43. The molecule has 1 aromatic heterocycles. The number of hydrogen-bond donors (Lipinski definition) is 1. The standard InChI is InChI=1S/C17H18N2O3/c20-17(19-7-5-13-2-1-6-18-12-13)11-14-3-4-15-16(10-14)22-9-8-21-15/h1-4,6,10,12H,5,7-9,11H2,(H,19,20). The molecule has 1 N–H and O–H groups in total. The van der Waals surface area contributed by atoms with E-state index in [1.165, 1.54) is 0 Å². The molecule has 0 saturated carbocycles. The van der Waals surface area contributed by atoms with E-state index in [-0.39, 0.29) is 5.91 Å². The number of ether oxygens (including phenoxy) is 2. The van der Waals surface area contributed by atoms with Crippen molar-refractivity contribution in [3.05, 3.63) is 53.9 Å². The van der Waals surface area contributed by atoms with Crippen LogP contribution in [0.1, 0.15) is 11.1 Å². The lowest BCUT2D eigenvalue weighted by molar-refractivity contribution is -0.120. The lowest BCUT2D eigenvalue weighted by atomic mass is 10.1. The fourth-order valence-corrected chi connectivity index (χ4v) is 2.34. The summed E-state index contributed by atoms with van der Waals surface area (Å²) in [7, 11) is 0. The number of fused-ring (bicyclic) bond motifs is 1. The van der Waals surface area contributed by atoms with Crippen LogP contribution >= 0.6 is 0 Å². The summed E-state index contributed by atoms with van der Waals surface area (Å²) in [6, 6.07) is 9.52. The summed E-state index contributed by atoms with van der Waals surface area (Å²) in [5.74, 6) is 1.46. The van der Waals surface area contributed by atoms with Gasteiger partial charge in [-0.25, -0.2) is 0 Å². The minimum atomic E-state index is 0.000526. The molecule has 114 valence electrons. The highest BCUT2D eigenvalue weighted by Crippen LogP contribution is 2.30. The quantitative estimate of drug-likeness (QED) is 0.913. The van der Waals surface area contributed by atoms with Crippen LogP contribution in [0.5, 0.6) is 11.5 Å². The monoisotopic (exact) mass is 298 g/mol. The number of carbonyl (C=O) groups is 1. The summed E-state index contributed by atoms with van der Waals surface area (Å²) in [6.45, 7) is 1.73. The molecule has 0 aliphatic carbocycles. The first-order valence-electron chi connectivity index (χ1n) is 7.35. The summed E-state index contributed by atoms with van der Waals surface area (Å²) < 4.78 is 11.0. The zero-order valence-corrected chi connectivity index (χ0v) is 12.2. The number of rotatable bonds is 5. The molecule has 2 aromatic rings. The maximum atomic E-state index is 12.0. The van der Waals surface area contributed by atoms with Crippen molar-refractivity contribution < 1.29 is 14.3 Å². The van der Waals surface area contributed by atoms with Gasteiger partial charge in [0, 0.05) is 18.9 Å². The highest BCUT2D eigenvalue weighted by molar-refractivity contribution is 5.78. The van der Waals surface area contributed by atoms with Gasteiger partial charge in [0.2, 0.25) is 5.91 Å². The molecule has 0 atom stereocenters. The van der Waals surface area contributed by atoms with E-state index in [9.17, 15) is 4.79 Å². The van der Waals surface area contributed by atoms with Gasteiger partial charge in [-0.3, -0.25) is 9.78 Å². The van der Waals surface area contributed by atoms with Crippen LogP contribution in [0.2, 0.25) is 0 Å². The van der Waals surface area contributed by atoms with Crippen LogP contribution in [0.4, 0.5) is 0 Å². The Morgan fingerprint density at radius 3 is 2.82 bits per heavy atom. The Bertz CT molecular complexity index is 644. The summed E-state index contributed by atoms with van der Waals surface area (Å²) in [6.07, 6.45) is 4.67. The van der Waals surface area contributed by atoms with E-state index in [0.717, 1.165) is 23.3 Å². The number of hydrogen-bond acceptors (Lipinski definition) is 4. The minimum absolute atomic E-state index is 0.000526. The normalized spacial score (nSPS) is 12.7. The molecule has 2 heterocycles. The van der Waals surface area contributed by atoms with Gasteiger partial charge in [-0.2, -0.15) is 0 Å². The van der Waals surface area contributed by atoms with Crippen LogP contribution in [-0.2, 0) is 17.6 Å². The zero-order valence-electron chi connectivity index (χ0n) is 12.2. The number of nitrogens with zero attached hydrogens (tertiary/aromatic N) is 1. The Morgan fingerprint density at radius 2 is 2.00 bits per heavy atom. The van der Waals surface area contributed by atoms with Crippen molar-refractivity contribution in [2.45, 2.75) is 12.8 Å². The van der Waals surface area contributed by atoms with Crippen molar-refractivity contribution in [3.8, 4) is 11.5 Å². The van der Waals surface area contributed by atoms with Gasteiger partial charge in [0.25, 0.3) is 0 Å². The molecule has 3 rings (SSSR count). The lowest BCUT2D eigenvalue weighted by Crippen LogP contribution is -2.27. The van der Waals surface area contributed by atoms with E-state index < -0.39 is 0 Å². The number of nitrogens with one attached hydrogen (secondary N) is 1. The van der Waals surface area contributed by atoms with Gasteiger partial charge in [-0.1, -0.05) is 12.1 Å². The van der Waals surface area contributed by atoms with Gasteiger partial charge in [-0.05, 0) is 35.7 Å². The maximum Gasteiger partial charge on any atom is 0.224 e. The SMILES string of the molecule is O=C(Cc1ccc2c(c1)OCCO2)NCCc1cccnc1. The third-order valence-electron chi connectivity index (χ3n) is 3.43. The highest BCUT2D eigenvalue weighted by Gasteiger charge is 2.13. The van der Waals surface area contributed by atoms with Crippen LogP contribution in [-0.4, -0.2) is 30.6 Å². The predicted octanol–water partition coefficient (Wildman–Crippen LogP) is 1.75. The second-order valence-electron chi connectivity index (χ2n) is 5.12. The van der Waals surface area contributed by atoms with Gasteiger partial charge in [-0.15, -0.1) is 0 Å². The van der Waals surface area contributed by atoms with Crippen LogP contribution in [0, 0.1) is 0 Å². The van der Waals surface area contributed by atoms with Gasteiger partial charge in [0.1, 0.15) is 13.2 Å². The van der Waals surface area contributed by atoms with E-state index in [2.05, 4.69) is 10.3 Å². The van der Waals surface area contributed by atoms with Crippen molar-refractivity contribution in [2.75, 3.05) is 19.8 Å². The maximum absolute atomic E-state index is 12.0. The minimum Gasteiger partial charge on any atom is -0.486 e. The molecule has 0 unspecified atom stereocenters. The molecule has 0 saturated heterocycles. The largest absolute Gasteiger partial charge is 0.486 e. The van der Waals surface area contributed by atoms with Gasteiger partial charge in [0.15, 0.2) is 11.5 Å². The van der Waals surface area contributed by atoms with Crippen molar-refractivity contribution in [3.63, 3.8) is 0 Å². The van der Waals surface area contributed by atoms with Crippen LogP contribution in [0.3, 0.4) is 0 Å². The second-order valence-corrected chi connectivity index (χ2v) is 5.12. The molecule has 0 bridgehead atoms. The Labute approximate surface area is 129 Å². The predicted molar refractivity (Wildman–Crippen MR) is 82.1 cm³/mol. The molecule has 22 heavy (non-hydrogen) atoms. The first-order chi connectivity index (χ1) is 10.8. The average Bonchev–Trinajstić information content (AvgIpc) is 2.56. The summed E-state index contributed by atoms with van der Waals surface area (Å²) in [4.78, 5) is 16.0. The Kier molecular flexibility index (Phi) is 4.53. The fourth-order valence-electron chi connectivity index (χ4n) is 2.34. The first-order valence-corrected chi connectivity index (χ1v) is 7.35. The number of amides is 1. The third kappa shape index (κ3) is 3.75. The molecule has 5 heteroatoms. The number of carbonyl (C=O) groups excluding carboxylic acids is 1. The topological polar surface area (TPSA) is 60.5 Å². The van der Waals surface area contributed by atoms with E-state index in [1.54, 1.807) is 6.20 Å². The number of pyridine rings is 1. The van der Waals surface area contributed by atoms with Crippen LogP contribution in [0.15, 0.2) is 42.7 Å². The molecule has 0 spiro atoms. The molecule has 1 amide bonds. The van der Waals surface area contributed by atoms with Crippen molar-refractivity contribution in [2.24, 2.45) is 0 Å². The number of benzene rings is 1.